The summed E-state index contributed by atoms with van der Waals surface area (Å²) < 4.78 is 34.1. The highest BCUT2D eigenvalue weighted by Gasteiger charge is 1.69. The van der Waals surface area contributed by atoms with Crippen LogP contribution in [0, 0.1) is 22.7 Å². The zero-order valence-corrected chi connectivity index (χ0v) is 8.99. The molecular weight excluding hydrogens is 224 g/mol. The molecule has 0 aliphatic rings. The molecule has 9 heteroatoms. The molecule has 6 N–H and O–H groups in total. The van der Waals surface area contributed by atoms with E-state index in [0.717, 1.165) is 13.1 Å². The van der Waals surface area contributed by atoms with Crippen LogP contribution in [0.2, 0.25) is 0 Å². The lowest BCUT2D eigenvalue weighted by Gasteiger charge is -2.06. The average Bonchev–Trinajstić information content (AvgIpc) is 2.05. The first-order valence-electron chi connectivity index (χ1n) is 3.82. The van der Waals surface area contributed by atoms with Crippen LogP contribution in [0.4, 0.5) is 0 Å². The number of hydrogen-bond acceptors (Lipinski definition) is 6. The molecule has 0 radical (unpaired) electrons. The summed E-state index contributed by atoms with van der Waals surface area (Å²) in [6.45, 7) is 1.47. The molecular formula is C6H14N4O4S. The maximum Gasteiger partial charge on any atom is 0.0871 e. The van der Waals surface area contributed by atoms with Crippen molar-refractivity contribution >= 4 is 10.4 Å². The SMILES string of the molecule is N#CCC[NH3+].N#CCC[NH3+].O=S(=O)([O-])[O-]. The van der Waals surface area contributed by atoms with Crippen LogP contribution in [-0.2, 0) is 10.4 Å². The van der Waals surface area contributed by atoms with Crippen molar-refractivity contribution in [3.05, 3.63) is 0 Å². The standard InChI is InChI=1S/2C3H6N2.H2O4S/c2*4-2-1-3-5;1-5(2,3)4/h2*1-2,4H2;(H2,1,2,3,4). The summed E-state index contributed by atoms with van der Waals surface area (Å²) in [7, 11) is -5.17. The molecule has 0 saturated heterocycles. The van der Waals surface area contributed by atoms with Crippen molar-refractivity contribution in [3.8, 4) is 12.1 Å². The molecule has 0 aromatic carbocycles. The average molecular weight is 238 g/mol. The van der Waals surface area contributed by atoms with Crippen LogP contribution in [0.25, 0.3) is 0 Å². The summed E-state index contributed by atoms with van der Waals surface area (Å²) in [4.78, 5) is 0. The van der Waals surface area contributed by atoms with E-state index in [4.69, 9.17) is 28.0 Å². The molecule has 0 spiro atoms. The summed E-state index contributed by atoms with van der Waals surface area (Å²) >= 11 is 0. The highest BCUT2D eigenvalue weighted by Crippen LogP contribution is 1.58. The molecule has 15 heavy (non-hydrogen) atoms. The Hall–Kier alpha value is -1.23. The number of hydrogen-bond donors (Lipinski definition) is 2. The molecule has 0 rings (SSSR count). The molecule has 0 amide bonds. The van der Waals surface area contributed by atoms with Gasteiger partial charge in [-0.3, -0.25) is 8.42 Å². The largest absolute Gasteiger partial charge is 0.759 e. The zero-order valence-electron chi connectivity index (χ0n) is 8.18. The normalized spacial score (nSPS) is 8.13. The highest BCUT2D eigenvalue weighted by atomic mass is 32.3. The summed E-state index contributed by atoms with van der Waals surface area (Å²) in [5.41, 5.74) is 6.91. The van der Waals surface area contributed by atoms with Crippen LogP contribution in [0.5, 0.6) is 0 Å². The Labute approximate surface area is 88.7 Å². The molecule has 0 atom stereocenters. The Kier molecular flexibility index (Phi) is 19.7. The lowest BCUT2D eigenvalue weighted by molar-refractivity contribution is -0.366. The fourth-order valence-corrected chi connectivity index (χ4v) is 0.158. The van der Waals surface area contributed by atoms with Gasteiger partial charge in [0.05, 0.1) is 38.1 Å². The molecule has 0 heterocycles. The van der Waals surface area contributed by atoms with E-state index < -0.39 is 10.4 Å². The van der Waals surface area contributed by atoms with E-state index in [-0.39, 0.29) is 0 Å². The van der Waals surface area contributed by atoms with E-state index in [9.17, 15) is 0 Å². The van der Waals surface area contributed by atoms with Crippen LogP contribution in [0.1, 0.15) is 12.8 Å². The summed E-state index contributed by atoms with van der Waals surface area (Å²) in [6.07, 6.45) is 1.17. The van der Waals surface area contributed by atoms with Gasteiger partial charge in [-0.1, -0.05) is 0 Å². The van der Waals surface area contributed by atoms with Crippen LogP contribution >= 0.6 is 0 Å². The molecule has 0 saturated carbocycles. The maximum absolute atomic E-state index is 8.52. The first-order valence-corrected chi connectivity index (χ1v) is 5.15. The van der Waals surface area contributed by atoms with Crippen LogP contribution < -0.4 is 11.5 Å². The minimum absolute atomic E-state index is 0.583. The number of rotatable bonds is 2. The van der Waals surface area contributed by atoms with Gasteiger partial charge in [-0.15, -0.1) is 0 Å². The van der Waals surface area contributed by atoms with Gasteiger partial charge in [0.2, 0.25) is 0 Å². The molecule has 0 aromatic heterocycles. The third kappa shape index (κ3) is 193. The maximum atomic E-state index is 8.52. The van der Waals surface area contributed by atoms with Crippen molar-refractivity contribution in [2.45, 2.75) is 12.8 Å². The predicted molar refractivity (Wildman–Crippen MR) is 46.4 cm³/mol. The monoisotopic (exact) mass is 238 g/mol. The number of quaternary nitrogens is 2. The quantitative estimate of drug-likeness (QED) is 0.380. The fourth-order valence-electron chi connectivity index (χ4n) is 0.158. The Morgan fingerprint density at radius 3 is 1.20 bits per heavy atom. The topological polar surface area (TPSA) is 183 Å². The van der Waals surface area contributed by atoms with Crippen molar-refractivity contribution in [2.24, 2.45) is 0 Å². The van der Waals surface area contributed by atoms with Gasteiger partial charge in [0.15, 0.2) is 0 Å². The second-order valence-electron chi connectivity index (χ2n) is 1.93. The summed E-state index contributed by atoms with van der Waals surface area (Å²) in [6, 6.07) is 3.91. The number of nitriles is 2. The first kappa shape index (κ1) is 19.4. The van der Waals surface area contributed by atoms with Gasteiger partial charge in [0.25, 0.3) is 0 Å². The van der Waals surface area contributed by atoms with Crippen molar-refractivity contribution in [1.82, 2.24) is 0 Å². The molecule has 0 aliphatic carbocycles. The fraction of sp³-hybridized carbons (Fsp3) is 0.667. The van der Waals surface area contributed by atoms with E-state index in [0.29, 0.717) is 12.8 Å². The van der Waals surface area contributed by atoms with Gasteiger partial charge in [0.1, 0.15) is 0 Å². The Morgan fingerprint density at radius 2 is 1.20 bits per heavy atom. The van der Waals surface area contributed by atoms with E-state index in [1.165, 1.54) is 0 Å². The summed E-state index contributed by atoms with van der Waals surface area (Å²) in [5, 5.41) is 15.6. The van der Waals surface area contributed by atoms with Crippen molar-refractivity contribution < 1.29 is 29.0 Å². The Balaban J connectivity index is -0.000000144. The zero-order chi connectivity index (χ0) is 12.7. The minimum Gasteiger partial charge on any atom is -0.759 e. The van der Waals surface area contributed by atoms with Gasteiger partial charge in [0, 0.05) is 10.4 Å². The minimum atomic E-state index is -5.17. The number of nitrogens with zero attached hydrogens (tertiary/aromatic N) is 2. The van der Waals surface area contributed by atoms with Crippen LogP contribution in [0.3, 0.4) is 0 Å². The first-order chi connectivity index (χ1) is 6.83. The van der Waals surface area contributed by atoms with E-state index in [2.05, 4.69) is 11.5 Å². The van der Waals surface area contributed by atoms with Crippen LogP contribution in [-0.4, -0.2) is 30.6 Å². The van der Waals surface area contributed by atoms with Crippen molar-refractivity contribution in [1.29, 1.82) is 10.5 Å². The van der Waals surface area contributed by atoms with Crippen molar-refractivity contribution in [3.63, 3.8) is 0 Å². The smallest absolute Gasteiger partial charge is 0.0871 e. The van der Waals surface area contributed by atoms with Gasteiger partial charge < -0.3 is 20.6 Å². The van der Waals surface area contributed by atoms with Gasteiger partial charge in [-0.25, -0.2) is 0 Å². The third-order valence-corrected chi connectivity index (χ3v) is 0.577. The van der Waals surface area contributed by atoms with E-state index >= 15 is 0 Å². The molecule has 88 valence electrons. The molecule has 0 bridgehead atoms. The van der Waals surface area contributed by atoms with Crippen LogP contribution in [0.15, 0.2) is 0 Å². The second kappa shape index (κ2) is 15.3. The lowest BCUT2D eigenvalue weighted by atomic mass is 10.5. The lowest BCUT2D eigenvalue weighted by Crippen LogP contribution is -2.49. The van der Waals surface area contributed by atoms with Gasteiger partial charge >= 0.3 is 0 Å². The van der Waals surface area contributed by atoms with Gasteiger partial charge in [-0.05, 0) is 0 Å². The second-order valence-corrected chi connectivity index (χ2v) is 2.75. The molecule has 0 fully saturated rings. The molecule has 8 nitrogen and oxygen atoms in total. The predicted octanol–water partition coefficient (Wildman–Crippen LogP) is -3.05. The van der Waals surface area contributed by atoms with E-state index in [1.54, 1.807) is 0 Å². The van der Waals surface area contributed by atoms with Gasteiger partial charge in [-0.2, -0.15) is 10.5 Å². The Bertz CT molecular complexity index is 265. The van der Waals surface area contributed by atoms with Crippen molar-refractivity contribution in [2.75, 3.05) is 13.1 Å². The molecule has 0 aromatic rings. The van der Waals surface area contributed by atoms with E-state index in [1.807, 2.05) is 12.1 Å². The molecule has 0 unspecified atom stereocenters. The highest BCUT2D eigenvalue weighted by molar-refractivity contribution is 7.79. The Morgan fingerprint density at radius 1 is 1.00 bits per heavy atom. The summed E-state index contributed by atoms with van der Waals surface area (Å²) in [5.74, 6) is 0. The third-order valence-electron chi connectivity index (χ3n) is 0.577. The molecule has 0 aliphatic heterocycles.